The van der Waals surface area contributed by atoms with E-state index in [0.29, 0.717) is 5.41 Å². The summed E-state index contributed by atoms with van der Waals surface area (Å²) in [6.45, 7) is 17.7. The van der Waals surface area contributed by atoms with E-state index in [0.717, 1.165) is 31.5 Å². The Balaban J connectivity index is -0.000000478. The molecule has 3 heteroatoms. The fourth-order valence-corrected chi connectivity index (χ4v) is 2.25. The second-order valence-electron chi connectivity index (χ2n) is 5.41. The van der Waals surface area contributed by atoms with Crippen LogP contribution < -0.4 is 11.1 Å². The molecule has 0 atom stereocenters. The Hall–Kier alpha value is -0.830. The van der Waals surface area contributed by atoms with Gasteiger partial charge in [0.25, 0.3) is 0 Å². The van der Waals surface area contributed by atoms with Gasteiger partial charge < -0.3 is 16.5 Å². The van der Waals surface area contributed by atoms with Crippen molar-refractivity contribution in [2.24, 2.45) is 11.1 Å². The smallest absolute Gasteiger partial charge is 0.0115 e. The number of hydrogen-bond donors (Lipinski definition) is 3. The molecule has 0 amide bonds. The van der Waals surface area contributed by atoms with Crippen LogP contribution in [0.25, 0.3) is 0 Å². The van der Waals surface area contributed by atoms with Crippen LogP contribution in [-0.4, -0.2) is 19.3 Å². The third kappa shape index (κ3) is 12.6. The first-order chi connectivity index (χ1) is 9.94. The summed E-state index contributed by atoms with van der Waals surface area (Å²) in [5, 5.41) is 11.1. The Labute approximate surface area is 134 Å². The molecule has 0 unspecified atom stereocenters. The Morgan fingerprint density at radius 2 is 1.67 bits per heavy atom. The zero-order valence-electron chi connectivity index (χ0n) is 16.1. The normalized spacial score (nSPS) is 15.3. The first-order valence-electron chi connectivity index (χ1n) is 8.51. The number of nitrogens with one attached hydrogen (secondary N) is 2. The molecule has 1 aliphatic rings. The quantitative estimate of drug-likeness (QED) is 0.631. The van der Waals surface area contributed by atoms with Crippen molar-refractivity contribution in [3.8, 4) is 0 Å². The van der Waals surface area contributed by atoms with E-state index in [2.05, 4.69) is 31.8 Å². The Morgan fingerprint density at radius 1 is 1.19 bits per heavy atom. The molecular formula is C18H41N3. The van der Waals surface area contributed by atoms with Gasteiger partial charge in [0.1, 0.15) is 0 Å². The summed E-state index contributed by atoms with van der Waals surface area (Å²) in [4.78, 5) is 0. The van der Waals surface area contributed by atoms with Crippen LogP contribution in [0.5, 0.6) is 0 Å². The van der Waals surface area contributed by atoms with E-state index in [4.69, 9.17) is 5.41 Å². The van der Waals surface area contributed by atoms with Crippen molar-refractivity contribution < 1.29 is 0 Å². The molecule has 0 heterocycles. The van der Waals surface area contributed by atoms with Gasteiger partial charge in [-0.1, -0.05) is 41.5 Å². The maximum absolute atomic E-state index is 7.59. The highest BCUT2D eigenvalue weighted by Gasteiger charge is 2.26. The van der Waals surface area contributed by atoms with Crippen LogP contribution in [0.4, 0.5) is 0 Å². The van der Waals surface area contributed by atoms with Gasteiger partial charge in [-0.05, 0) is 51.1 Å². The lowest BCUT2D eigenvalue weighted by Gasteiger charge is -2.33. The lowest BCUT2D eigenvalue weighted by Crippen LogP contribution is -2.26. The maximum Gasteiger partial charge on any atom is 0.0115 e. The third-order valence-corrected chi connectivity index (χ3v) is 3.05. The van der Waals surface area contributed by atoms with Crippen LogP contribution in [0.1, 0.15) is 81.1 Å². The Bertz CT molecular complexity index is 278. The fraction of sp³-hybridized carbons (Fsp3) is 0.833. The summed E-state index contributed by atoms with van der Waals surface area (Å²) in [6, 6.07) is 0. The van der Waals surface area contributed by atoms with E-state index >= 15 is 0 Å². The van der Waals surface area contributed by atoms with Crippen LogP contribution in [0, 0.1) is 10.8 Å². The van der Waals surface area contributed by atoms with Gasteiger partial charge in [-0.15, -0.1) is 0 Å². The number of hydrogen-bond acceptors (Lipinski definition) is 3. The first kappa shape index (κ1) is 25.1. The number of nitrogens with two attached hydrogens (primary N) is 1. The van der Waals surface area contributed by atoms with Crippen molar-refractivity contribution >= 4 is 5.71 Å². The van der Waals surface area contributed by atoms with Gasteiger partial charge in [-0.3, -0.25) is 0 Å². The fourth-order valence-electron chi connectivity index (χ4n) is 2.25. The zero-order valence-corrected chi connectivity index (χ0v) is 16.1. The monoisotopic (exact) mass is 299 g/mol. The molecule has 0 bridgehead atoms. The topological polar surface area (TPSA) is 61.9 Å². The van der Waals surface area contributed by atoms with Gasteiger partial charge in [0.15, 0.2) is 0 Å². The minimum absolute atomic E-state index is 0.428. The summed E-state index contributed by atoms with van der Waals surface area (Å²) in [5.41, 5.74) is 8.57. The Kier molecular flexibility index (Phi) is 18.6. The van der Waals surface area contributed by atoms with Gasteiger partial charge in [-0.25, -0.2) is 0 Å². The third-order valence-electron chi connectivity index (χ3n) is 3.05. The van der Waals surface area contributed by atoms with Crippen molar-refractivity contribution in [3.05, 3.63) is 11.3 Å². The molecule has 0 aromatic carbocycles. The predicted octanol–water partition coefficient (Wildman–Crippen LogP) is 5.12. The molecule has 0 radical (unpaired) electrons. The van der Waals surface area contributed by atoms with Crippen molar-refractivity contribution in [3.63, 3.8) is 0 Å². The molecule has 0 aliphatic heterocycles. The van der Waals surface area contributed by atoms with E-state index in [1.165, 1.54) is 24.7 Å². The van der Waals surface area contributed by atoms with Gasteiger partial charge in [-0.2, -0.15) is 0 Å². The molecule has 0 aromatic rings. The maximum atomic E-state index is 7.59. The van der Waals surface area contributed by atoms with Crippen LogP contribution in [-0.2, 0) is 0 Å². The summed E-state index contributed by atoms with van der Waals surface area (Å²) in [6.07, 6.45) is 4.41. The van der Waals surface area contributed by atoms with Crippen LogP contribution in [0.15, 0.2) is 11.3 Å². The van der Waals surface area contributed by atoms with Crippen molar-refractivity contribution in [1.82, 2.24) is 5.32 Å². The number of rotatable bonds is 4. The second kappa shape index (κ2) is 15.6. The first-order valence-corrected chi connectivity index (χ1v) is 8.51. The van der Waals surface area contributed by atoms with Gasteiger partial charge >= 0.3 is 0 Å². The van der Waals surface area contributed by atoms with E-state index < -0.39 is 0 Å². The zero-order chi connectivity index (χ0) is 17.5. The second-order valence-corrected chi connectivity index (χ2v) is 5.41. The molecule has 3 nitrogen and oxygen atoms in total. The van der Waals surface area contributed by atoms with E-state index in [1.807, 2.05) is 34.6 Å². The lowest BCUT2D eigenvalue weighted by molar-refractivity contribution is 0.304. The van der Waals surface area contributed by atoms with Crippen molar-refractivity contribution in [1.29, 1.82) is 5.41 Å². The standard InChI is InChI=1S/C13H24N2.2C2H6.CH5N/c1-5-15-12-9-13(3,4)7-6-11(12)8-10(2)14;3*1-2/h14-15H,5-9H2,1-4H3;2*1-2H3;2H2,1H3. The molecule has 0 spiro atoms. The molecule has 1 rings (SSSR count). The van der Waals surface area contributed by atoms with Gasteiger partial charge in [0.2, 0.25) is 0 Å². The van der Waals surface area contributed by atoms with Crippen LogP contribution in [0.3, 0.4) is 0 Å². The highest BCUT2D eigenvalue weighted by atomic mass is 14.9. The molecule has 0 saturated heterocycles. The summed E-state index contributed by atoms with van der Waals surface area (Å²) < 4.78 is 0. The average molecular weight is 300 g/mol. The van der Waals surface area contributed by atoms with E-state index in [-0.39, 0.29) is 0 Å². The minimum atomic E-state index is 0.428. The minimum Gasteiger partial charge on any atom is -0.389 e. The van der Waals surface area contributed by atoms with Gasteiger partial charge in [0, 0.05) is 24.4 Å². The highest BCUT2D eigenvalue weighted by molar-refractivity contribution is 5.81. The van der Waals surface area contributed by atoms with Crippen LogP contribution >= 0.6 is 0 Å². The van der Waals surface area contributed by atoms with Crippen molar-refractivity contribution in [2.75, 3.05) is 13.6 Å². The molecule has 0 aromatic heterocycles. The summed E-state index contributed by atoms with van der Waals surface area (Å²) in [5.74, 6) is 0. The summed E-state index contributed by atoms with van der Waals surface area (Å²) >= 11 is 0. The molecule has 128 valence electrons. The molecule has 0 saturated carbocycles. The van der Waals surface area contributed by atoms with E-state index in [9.17, 15) is 0 Å². The molecule has 0 fully saturated rings. The molecule has 21 heavy (non-hydrogen) atoms. The molecule has 1 aliphatic carbocycles. The highest BCUT2D eigenvalue weighted by Crippen LogP contribution is 2.38. The lowest BCUT2D eigenvalue weighted by atomic mass is 9.75. The predicted molar refractivity (Wildman–Crippen MR) is 99.2 cm³/mol. The Morgan fingerprint density at radius 3 is 2.05 bits per heavy atom. The van der Waals surface area contributed by atoms with Crippen LogP contribution in [0.2, 0.25) is 0 Å². The van der Waals surface area contributed by atoms with E-state index in [1.54, 1.807) is 0 Å². The summed E-state index contributed by atoms with van der Waals surface area (Å²) in [7, 11) is 1.50. The molecule has 4 N–H and O–H groups in total. The van der Waals surface area contributed by atoms with Gasteiger partial charge in [0.05, 0.1) is 0 Å². The number of allylic oxidation sites excluding steroid dienone is 2. The molecular weight excluding hydrogens is 258 g/mol. The largest absolute Gasteiger partial charge is 0.389 e. The average Bonchev–Trinajstić information content (AvgIpc) is 2.48. The van der Waals surface area contributed by atoms with Crippen molar-refractivity contribution in [2.45, 2.75) is 81.1 Å². The SMILES string of the molecule is CC.CC.CCNC1=C(CC(C)=N)CCC(C)(C)C1.CN.